The van der Waals surface area contributed by atoms with Crippen LogP contribution >= 0.6 is 0 Å². The lowest BCUT2D eigenvalue weighted by Gasteiger charge is -2.40. The minimum absolute atomic E-state index is 0. The number of ether oxygens (including phenoxy) is 1. The summed E-state index contributed by atoms with van der Waals surface area (Å²) >= 11 is 0. The summed E-state index contributed by atoms with van der Waals surface area (Å²) in [4.78, 5) is 0. The molecule has 0 atom stereocenters. The van der Waals surface area contributed by atoms with E-state index >= 15 is 0 Å². The van der Waals surface area contributed by atoms with Crippen molar-refractivity contribution in [3.05, 3.63) is 0 Å². The summed E-state index contributed by atoms with van der Waals surface area (Å²) in [5.74, 6) is 0. The second-order valence-electron chi connectivity index (χ2n) is 8.04. The van der Waals surface area contributed by atoms with Crippen molar-refractivity contribution >= 4 is 0 Å². The second kappa shape index (κ2) is 17.6. The SMILES string of the molecule is CCCCCCCCCCCCCCCC[N+]1(CC)CCOCC1.[Cl-]. The highest BCUT2D eigenvalue weighted by Crippen LogP contribution is 2.16. The molecule has 0 aromatic rings. The van der Waals surface area contributed by atoms with Crippen molar-refractivity contribution in [2.45, 2.75) is 104 Å². The van der Waals surface area contributed by atoms with E-state index in [2.05, 4.69) is 13.8 Å². The topological polar surface area (TPSA) is 9.23 Å². The molecule has 0 unspecified atom stereocenters. The lowest BCUT2D eigenvalue weighted by molar-refractivity contribution is -0.933. The number of morpholine rings is 1. The molecule has 1 saturated heterocycles. The fourth-order valence-electron chi connectivity index (χ4n) is 4.07. The van der Waals surface area contributed by atoms with Crippen molar-refractivity contribution in [2.24, 2.45) is 0 Å². The molecular weight excluding hydrogens is 330 g/mol. The monoisotopic (exact) mass is 375 g/mol. The Morgan fingerprint density at radius 2 is 1.00 bits per heavy atom. The van der Waals surface area contributed by atoms with Gasteiger partial charge in [0, 0.05) is 0 Å². The highest BCUT2D eigenvalue weighted by molar-refractivity contribution is 4.52. The standard InChI is InChI=1S/C22H46NO.ClH/c1-3-5-6-7-8-9-10-11-12-13-14-15-16-17-18-23(4-2)19-21-24-22-20-23;/h3-22H2,1-2H3;1H/q+1;/p-1. The van der Waals surface area contributed by atoms with Crippen LogP contribution in [0.5, 0.6) is 0 Å². The van der Waals surface area contributed by atoms with Gasteiger partial charge in [-0.2, -0.15) is 0 Å². The maximum atomic E-state index is 5.53. The van der Waals surface area contributed by atoms with E-state index in [9.17, 15) is 0 Å². The molecule has 0 aromatic heterocycles. The molecule has 0 amide bonds. The van der Waals surface area contributed by atoms with Crippen LogP contribution in [0.3, 0.4) is 0 Å². The predicted octanol–water partition coefficient (Wildman–Crippen LogP) is 3.34. The van der Waals surface area contributed by atoms with E-state index in [1.54, 1.807) is 0 Å². The zero-order chi connectivity index (χ0) is 17.3. The third kappa shape index (κ3) is 13.1. The van der Waals surface area contributed by atoms with Crippen molar-refractivity contribution < 1.29 is 21.6 Å². The maximum absolute atomic E-state index is 5.53. The third-order valence-electron chi connectivity index (χ3n) is 6.08. The van der Waals surface area contributed by atoms with Gasteiger partial charge in [0.05, 0.1) is 26.3 Å². The third-order valence-corrected chi connectivity index (χ3v) is 6.08. The smallest absolute Gasteiger partial charge is 0.102 e. The average Bonchev–Trinajstić information content (AvgIpc) is 2.63. The van der Waals surface area contributed by atoms with Crippen LogP contribution in [0, 0.1) is 0 Å². The van der Waals surface area contributed by atoms with Crippen LogP contribution < -0.4 is 12.4 Å². The van der Waals surface area contributed by atoms with Crippen molar-refractivity contribution in [1.29, 1.82) is 0 Å². The molecule has 1 fully saturated rings. The first-order valence-corrected chi connectivity index (χ1v) is 11.3. The fourth-order valence-corrected chi connectivity index (χ4v) is 4.07. The molecule has 1 heterocycles. The minimum Gasteiger partial charge on any atom is -1.00 e. The van der Waals surface area contributed by atoms with E-state index in [1.165, 1.54) is 121 Å². The first-order chi connectivity index (χ1) is 11.8. The molecule has 2 nitrogen and oxygen atoms in total. The molecular formula is C22H46ClNO. The molecule has 0 bridgehead atoms. The zero-order valence-electron chi connectivity index (χ0n) is 17.4. The number of nitrogens with zero attached hydrogens (tertiary/aromatic N) is 1. The molecule has 0 N–H and O–H groups in total. The quantitative estimate of drug-likeness (QED) is 0.297. The van der Waals surface area contributed by atoms with Crippen LogP contribution in [0.1, 0.15) is 104 Å². The summed E-state index contributed by atoms with van der Waals surface area (Å²) in [5, 5.41) is 0. The van der Waals surface area contributed by atoms with Crippen LogP contribution in [0.15, 0.2) is 0 Å². The van der Waals surface area contributed by atoms with Crippen molar-refractivity contribution in [3.63, 3.8) is 0 Å². The zero-order valence-corrected chi connectivity index (χ0v) is 18.1. The minimum atomic E-state index is 0. The normalized spacial score (nSPS) is 16.6. The summed E-state index contributed by atoms with van der Waals surface area (Å²) in [6, 6.07) is 0. The molecule has 1 aliphatic rings. The number of halogens is 1. The van der Waals surface area contributed by atoms with Gasteiger partial charge in [-0.05, 0) is 19.8 Å². The maximum Gasteiger partial charge on any atom is 0.102 e. The van der Waals surface area contributed by atoms with Gasteiger partial charge in [-0.1, -0.05) is 84.0 Å². The summed E-state index contributed by atoms with van der Waals surface area (Å²) in [7, 11) is 0. The summed E-state index contributed by atoms with van der Waals surface area (Å²) in [5.41, 5.74) is 0. The highest BCUT2D eigenvalue weighted by Gasteiger charge is 2.27. The first kappa shape index (κ1) is 25.2. The van der Waals surface area contributed by atoms with Crippen LogP contribution in [-0.4, -0.2) is 43.9 Å². The van der Waals surface area contributed by atoms with Gasteiger partial charge in [0.1, 0.15) is 13.1 Å². The molecule has 1 rings (SSSR count). The molecule has 152 valence electrons. The van der Waals surface area contributed by atoms with E-state index in [1.807, 2.05) is 0 Å². The summed E-state index contributed by atoms with van der Waals surface area (Å²) in [6.45, 7) is 11.8. The lowest BCUT2D eigenvalue weighted by Crippen LogP contribution is -3.00. The number of unbranched alkanes of at least 4 members (excludes halogenated alkanes) is 13. The Hall–Kier alpha value is 0.210. The van der Waals surface area contributed by atoms with E-state index in [4.69, 9.17) is 4.74 Å². The van der Waals surface area contributed by atoms with Gasteiger partial charge >= 0.3 is 0 Å². The van der Waals surface area contributed by atoms with Gasteiger partial charge < -0.3 is 21.6 Å². The Kier molecular flexibility index (Phi) is 17.8. The molecule has 0 radical (unpaired) electrons. The summed E-state index contributed by atoms with van der Waals surface area (Å²) < 4.78 is 6.85. The summed E-state index contributed by atoms with van der Waals surface area (Å²) in [6.07, 6.45) is 20.4. The molecule has 0 aromatic carbocycles. The fraction of sp³-hybridized carbons (Fsp3) is 1.00. The Morgan fingerprint density at radius 3 is 1.40 bits per heavy atom. The van der Waals surface area contributed by atoms with Crippen molar-refractivity contribution in [2.75, 3.05) is 39.4 Å². The molecule has 1 aliphatic heterocycles. The van der Waals surface area contributed by atoms with Crippen LogP contribution in [0.2, 0.25) is 0 Å². The number of hydrogen-bond donors (Lipinski definition) is 0. The van der Waals surface area contributed by atoms with E-state index in [-0.39, 0.29) is 12.4 Å². The molecule has 0 spiro atoms. The van der Waals surface area contributed by atoms with Gasteiger partial charge in [-0.25, -0.2) is 0 Å². The molecule has 0 saturated carbocycles. The van der Waals surface area contributed by atoms with Crippen LogP contribution in [0.25, 0.3) is 0 Å². The largest absolute Gasteiger partial charge is 1.00 e. The Bertz CT molecular complexity index is 267. The highest BCUT2D eigenvalue weighted by atomic mass is 35.5. The van der Waals surface area contributed by atoms with Gasteiger partial charge in [0.15, 0.2) is 0 Å². The van der Waals surface area contributed by atoms with E-state index in [0.29, 0.717) is 0 Å². The predicted molar refractivity (Wildman–Crippen MR) is 107 cm³/mol. The Labute approximate surface area is 165 Å². The lowest BCUT2D eigenvalue weighted by atomic mass is 10.0. The van der Waals surface area contributed by atoms with Gasteiger partial charge in [-0.3, -0.25) is 0 Å². The Morgan fingerprint density at radius 1 is 0.600 bits per heavy atom. The molecule has 3 heteroatoms. The molecule has 25 heavy (non-hydrogen) atoms. The van der Waals surface area contributed by atoms with Gasteiger partial charge in [-0.15, -0.1) is 0 Å². The van der Waals surface area contributed by atoms with Crippen LogP contribution in [-0.2, 0) is 4.74 Å². The Balaban J connectivity index is 0.00000576. The van der Waals surface area contributed by atoms with Crippen molar-refractivity contribution in [1.82, 2.24) is 0 Å². The second-order valence-corrected chi connectivity index (χ2v) is 8.04. The van der Waals surface area contributed by atoms with Gasteiger partial charge in [0.2, 0.25) is 0 Å². The van der Waals surface area contributed by atoms with Crippen molar-refractivity contribution in [3.8, 4) is 0 Å². The average molecular weight is 376 g/mol. The number of hydrogen-bond acceptors (Lipinski definition) is 1. The molecule has 0 aliphatic carbocycles. The number of likely N-dealkylation sites (N-methyl/N-ethyl adjacent to an activating group) is 1. The van der Waals surface area contributed by atoms with E-state index < -0.39 is 0 Å². The number of quaternary nitrogens is 1. The first-order valence-electron chi connectivity index (χ1n) is 11.3. The van der Waals surface area contributed by atoms with Gasteiger partial charge in [0.25, 0.3) is 0 Å². The van der Waals surface area contributed by atoms with Crippen LogP contribution in [0.4, 0.5) is 0 Å². The number of rotatable bonds is 16. The van der Waals surface area contributed by atoms with E-state index in [0.717, 1.165) is 13.2 Å².